The Bertz CT molecular complexity index is 1110. The van der Waals surface area contributed by atoms with Gasteiger partial charge in [-0.2, -0.15) is 4.98 Å². The van der Waals surface area contributed by atoms with Crippen molar-refractivity contribution < 1.29 is 4.74 Å². The van der Waals surface area contributed by atoms with Crippen LogP contribution >= 0.6 is 11.6 Å². The number of hydrogen-bond acceptors (Lipinski definition) is 6. The summed E-state index contributed by atoms with van der Waals surface area (Å²) < 4.78 is 7.74. The zero-order valence-corrected chi connectivity index (χ0v) is 16.2. The molecule has 0 radical (unpaired) electrons. The molecule has 2 N–H and O–H groups in total. The molecule has 0 aliphatic rings. The van der Waals surface area contributed by atoms with Gasteiger partial charge in [0.1, 0.15) is 11.3 Å². The fraction of sp³-hybridized carbons (Fsp3) is 0.150. The number of benzene rings is 1. The Hall–Kier alpha value is -3.32. The second-order valence-corrected chi connectivity index (χ2v) is 6.57. The van der Waals surface area contributed by atoms with Crippen LogP contribution in [0.15, 0.2) is 54.9 Å². The Balaban J connectivity index is 1.52. The van der Waals surface area contributed by atoms with Crippen LogP contribution in [0.25, 0.3) is 11.2 Å². The molecule has 0 saturated carbocycles. The third-order valence-electron chi connectivity index (χ3n) is 4.13. The van der Waals surface area contributed by atoms with Crippen LogP contribution in [0.5, 0.6) is 11.8 Å². The first-order chi connectivity index (χ1) is 13.6. The second-order valence-electron chi connectivity index (χ2n) is 6.13. The topological polar surface area (TPSA) is 76.9 Å². The molecule has 0 saturated heterocycles. The monoisotopic (exact) mass is 394 g/mol. The largest absolute Gasteiger partial charge is 0.425 e. The number of nitrogens with one attached hydrogen (secondary N) is 2. The third-order valence-corrected chi connectivity index (χ3v) is 4.34. The molecule has 3 aromatic heterocycles. The van der Waals surface area contributed by atoms with Gasteiger partial charge in [-0.1, -0.05) is 11.6 Å². The highest BCUT2D eigenvalue weighted by molar-refractivity contribution is 6.30. The minimum atomic E-state index is 0.489. The SMILES string of the molecule is CCNc1cc(Cl)cnc1Nc1ccc(Oc2nc3cccnc3n2C)cc1. The van der Waals surface area contributed by atoms with Gasteiger partial charge in [0, 0.05) is 31.7 Å². The Kier molecular flexibility index (Phi) is 4.99. The zero-order valence-electron chi connectivity index (χ0n) is 15.5. The number of rotatable bonds is 6. The average molecular weight is 395 g/mol. The number of anilines is 3. The number of pyridine rings is 2. The summed E-state index contributed by atoms with van der Waals surface area (Å²) in [7, 11) is 1.88. The van der Waals surface area contributed by atoms with Gasteiger partial charge in [-0.3, -0.25) is 4.57 Å². The molecule has 0 aliphatic heterocycles. The standard InChI is InChI=1S/C20H19ClN6O/c1-3-22-17-11-13(21)12-24-18(17)25-14-6-8-15(9-7-14)28-20-26-16-5-4-10-23-19(16)27(20)2/h4-12,22H,3H2,1-2H3,(H,24,25). The first kappa shape index (κ1) is 18.1. The van der Waals surface area contributed by atoms with Crippen molar-refractivity contribution in [1.29, 1.82) is 0 Å². The van der Waals surface area contributed by atoms with E-state index in [1.54, 1.807) is 12.4 Å². The summed E-state index contributed by atoms with van der Waals surface area (Å²) in [5, 5.41) is 7.12. The molecule has 0 fully saturated rings. The highest BCUT2D eigenvalue weighted by atomic mass is 35.5. The van der Waals surface area contributed by atoms with Gasteiger partial charge >= 0.3 is 6.01 Å². The lowest BCUT2D eigenvalue weighted by atomic mass is 10.3. The smallest absolute Gasteiger partial charge is 0.303 e. The van der Waals surface area contributed by atoms with Crippen molar-refractivity contribution in [3.8, 4) is 11.8 Å². The summed E-state index contributed by atoms with van der Waals surface area (Å²) in [5.74, 6) is 1.39. The summed E-state index contributed by atoms with van der Waals surface area (Å²) in [6.45, 7) is 2.80. The number of fused-ring (bicyclic) bond motifs is 1. The van der Waals surface area contributed by atoms with Crippen molar-refractivity contribution in [2.75, 3.05) is 17.2 Å². The molecular formula is C20H19ClN6O. The van der Waals surface area contributed by atoms with Crippen LogP contribution in [-0.2, 0) is 7.05 Å². The molecule has 0 bridgehead atoms. The number of aromatic nitrogens is 4. The van der Waals surface area contributed by atoms with Gasteiger partial charge in [0.05, 0.1) is 10.7 Å². The van der Waals surface area contributed by atoms with E-state index in [2.05, 4.69) is 25.6 Å². The molecule has 28 heavy (non-hydrogen) atoms. The van der Waals surface area contributed by atoms with E-state index in [1.807, 2.05) is 61.0 Å². The minimum Gasteiger partial charge on any atom is -0.425 e. The zero-order chi connectivity index (χ0) is 19.5. The van der Waals surface area contributed by atoms with Crippen molar-refractivity contribution >= 4 is 40.0 Å². The van der Waals surface area contributed by atoms with Crippen LogP contribution in [0.1, 0.15) is 6.92 Å². The fourth-order valence-corrected chi connectivity index (χ4v) is 2.96. The molecule has 0 atom stereocenters. The number of nitrogens with zero attached hydrogens (tertiary/aromatic N) is 4. The molecule has 0 unspecified atom stereocenters. The number of halogens is 1. The lowest BCUT2D eigenvalue weighted by molar-refractivity contribution is 0.427. The number of ether oxygens (including phenoxy) is 1. The summed E-state index contributed by atoms with van der Waals surface area (Å²) in [6, 6.07) is 13.7. The lowest BCUT2D eigenvalue weighted by Gasteiger charge is -2.12. The maximum Gasteiger partial charge on any atom is 0.303 e. The van der Waals surface area contributed by atoms with Gasteiger partial charge in [-0.05, 0) is 49.4 Å². The van der Waals surface area contributed by atoms with E-state index in [-0.39, 0.29) is 0 Å². The van der Waals surface area contributed by atoms with Crippen LogP contribution < -0.4 is 15.4 Å². The van der Waals surface area contributed by atoms with Crippen molar-refractivity contribution in [3.63, 3.8) is 0 Å². The molecule has 8 heteroatoms. The first-order valence-corrected chi connectivity index (χ1v) is 9.23. The fourth-order valence-electron chi connectivity index (χ4n) is 2.81. The van der Waals surface area contributed by atoms with Crippen LogP contribution in [0.4, 0.5) is 17.2 Å². The second kappa shape index (κ2) is 7.74. The van der Waals surface area contributed by atoms with Crippen LogP contribution in [0.3, 0.4) is 0 Å². The molecule has 7 nitrogen and oxygen atoms in total. The number of imidazole rings is 1. The summed E-state index contributed by atoms with van der Waals surface area (Å²) in [4.78, 5) is 13.2. The van der Waals surface area contributed by atoms with Gasteiger partial charge < -0.3 is 15.4 Å². The normalized spacial score (nSPS) is 10.8. The van der Waals surface area contributed by atoms with Gasteiger partial charge in [0.25, 0.3) is 0 Å². The van der Waals surface area contributed by atoms with Crippen molar-refractivity contribution in [2.24, 2.45) is 7.05 Å². The third kappa shape index (κ3) is 3.70. The quantitative estimate of drug-likeness (QED) is 0.480. The maximum absolute atomic E-state index is 6.04. The van der Waals surface area contributed by atoms with Gasteiger partial charge in [-0.25, -0.2) is 9.97 Å². The van der Waals surface area contributed by atoms with Crippen LogP contribution in [-0.4, -0.2) is 26.1 Å². The molecule has 0 aliphatic carbocycles. The molecule has 3 heterocycles. The molecule has 0 spiro atoms. The molecule has 1 aromatic carbocycles. The van der Waals surface area contributed by atoms with Crippen LogP contribution in [0, 0.1) is 0 Å². The Labute approximate surface area is 167 Å². The van der Waals surface area contributed by atoms with Gasteiger partial charge in [-0.15, -0.1) is 0 Å². The Morgan fingerprint density at radius 2 is 1.96 bits per heavy atom. The summed E-state index contributed by atoms with van der Waals surface area (Å²) in [5.41, 5.74) is 3.30. The van der Waals surface area contributed by atoms with Crippen LogP contribution in [0.2, 0.25) is 5.02 Å². The highest BCUT2D eigenvalue weighted by Gasteiger charge is 2.11. The van der Waals surface area contributed by atoms with Gasteiger partial charge in [0.2, 0.25) is 0 Å². The van der Waals surface area contributed by atoms with Gasteiger partial charge in [0.15, 0.2) is 11.5 Å². The van der Waals surface area contributed by atoms with E-state index in [0.717, 1.165) is 29.1 Å². The average Bonchev–Trinajstić information content (AvgIpc) is 3.01. The van der Waals surface area contributed by atoms with E-state index >= 15 is 0 Å². The molecule has 4 rings (SSSR count). The lowest BCUT2D eigenvalue weighted by Crippen LogP contribution is -2.03. The highest BCUT2D eigenvalue weighted by Crippen LogP contribution is 2.28. The molecule has 4 aromatic rings. The number of hydrogen-bond donors (Lipinski definition) is 2. The van der Waals surface area contributed by atoms with E-state index in [0.29, 0.717) is 22.6 Å². The predicted octanol–water partition coefficient (Wildman–Crippen LogP) is 4.98. The van der Waals surface area contributed by atoms with Crippen molar-refractivity contribution in [3.05, 3.63) is 59.9 Å². The number of aryl methyl sites for hydroxylation is 1. The van der Waals surface area contributed by atoms with E-state index in [4.69, 9.17) is 16.3 Å². The van der Waals surface area contributed by atoms with Crippen molar-refractivity contribution in [2.45, 2.75) is 6.92 Å². The molecule has 0 amide bonds. The predicted molar refractivity (Wildman–Crippen MR) is 112 cm³/mol. The van der Waals surface area contributed by atoms with Crippen molar-refractivity contribution in [1.82, 2.24) is 19.5 Å². The van der Waals surface area contributed by atoms with E-state index in [1.165, 1.54) is 0 Å². The first-order valence-electron chi connectivity index (χ1n) is 8.86. The minimum absolute atomic E-state index is 0.489. The summed E-state index contributed by atoms with van der Waals surface area (Å²) >= 11 is 6.04. The molecular weight excluding hydrogens is 376 g/mol. The Morgan fingerprint density at radius 1 is 1.14 bits per heavy atom. The van der Waals surface area contributed by atoms with E-state index < -0.39 is 0 Å². The van der Waals surface area contributed by atoms with E-state index in [9.17, 15) is 0 Å². The summed E-state index contributed by atoms with van der Waals surface area (Å²) in [6.07, 6.45) is 3.35. The maximum atomic E-state index is 6.04. The Morgan fingerprint density at radius 3 is 2.71 bits per heavy atom. The molecule has 142 valence electrons.